The highest BCUT2D eigenvalue weighted by Crippen LogP contribution is 2.46. The van der Waals surface area contributed by atoms with Crippen molar-refractivity contribution in [2.75, 3.05) is 5.75 Å². The lowest BCUT2D eigenvalue weighted by Crippen LogP contribution is -2.05. The summed E-state index contributed by atoms with van der Waals surface area (Å²) >= 11 is 7.44. The van der Waals surface area contributed by atoms with Gasteiger partial charge in [-0.25, -0.2) is 0 Å². The molecule has 7 heteroatoms. The van der Waals surface area contributed by atoms with Crippen LogP contribution in [0, 0.1) is 0 Å². The molecule has 0 aliphatic heterocycles. The smallest absolute Gasteiger partial charge is 0.208 e. The maximum Gasteiger partial charge on any atom is 0.208 e. The number of nitrogens with zero attached hydrogens (tertiary/aromatic N) is 3. The first-order chi connectivity index (χ1) is 12.2. The van der Waals surface area contributed by atoms with Gasteiger partial charge in [-0.05, 0) is 49.9 Å². The average molecular weight is 374 g/mol. The summed E-state index contributed by atoms with van der Waals surface area (Å²) in [4.78, 5) is 12.5. The Morgan fingerprint density at radius 2 is 2.08 bits per heavy atom. The van der Waals surface area contributed by atoms with Gasteiger partial charge in [-0.15, -0.1) is 10.2 Å². The quantitative estimate of drug-likeness (QED) is 0.456. The summed E-state index contributed by atoms with van der Waals surface area (Å²) in [5.41, 5.74) is 0.676. The van der Waals surface area contributed by atoms with Gasteiger partial charge in [-0.2, -0.15) is 0 Å². The Balaban J connectivity index is 1.34. The van der Waals surface area contributed by atoms with Gasteiger partial charge in [0.15, 0.2) is 10.9 Å². The molecule has 2 saturated carbocycles. The van der Waals surface area contributed by atoms with E-state index in [0.717, 1.165) is 16.4 Å². The highest BCUT2D eigenvalue weighted by atomic mass is 35.5. The van der Waals surface area contributed by atoms with Crippen LogP contribution >= 0.6 is 23.4 Å². The molecule has 2 fully saturated rings. The van der Waals surface area contributed by atoms with Gasteiger partial charge in [0, 0.05) is 22.4 Å². The van der Waals surface area contributed by atoms with Gasteiger partial charge in [0.05, 0.1) is 5.75 Å². The predicted molar refractivity (Wildman–Crippen MR) is 96.5 cm³/mol. The fraction of sp³-hybridized carbons (Fsp3) is 0.389. The number of furan rings is 1. The molecule has 5 rings (SSSR count). The van der Waals surface area contributed by atoms with E-state index in [-0.39, 0.29) is 5.78 Å². The Labute approximate surface area is 153 Å². The summed E-state index contributed by atoms with van der Waals surface area (Å²) in [6, 6.07) is 7.62. The monoisotopic (exact) mass is 373 g/mol. The summed E-state index contributed by atoms with van der Waals surface area (Å²) < 4.78 is 7.91. The molecule has 2 heterocycles. The number of thioether (sulfide) groups is 1. The minimum Gasteiger partial charge on any atom is -0.453 e. The molecule has 0 saturated heterocycles. The number of aromatic nitrogens is 3. The largest absolute Gasteiger partial charge is 0.453 e. The third-order valence-corrected chi connectivity index (χ3v) is 5.81. The second-order valence-electron chi connectivity index (χ2n) is 6.72. The fourth-order valence-corrected chi connectivity index (χ4v) is 4.10. The van der Waals surface area contributed by atoms with Gasteiger partial charge >= 0.3 is 0 Å². The van der Waals surface area contributed by atoms with Crippen LogP contribution in [0.3, 0.4) is 0 Å². The molecule has 3 aromatic rings. The molecule has 2 aliphatic rings. The summed E-state index contributed by atoms with van der Waals surface area (Å²) in [6.45, 7) is 0. The number of benzene rings is 1. The number of ketones is 1. The third-order valence-electron chi connectivity index (χ3n) is 4.63. The Hall–Kier alpha value is -1.79. The molecule has 5 nitrogen and oxygen atoms in total. The van der Waals surface area contributed by atoms with Crippen molar-refractivity contribution in [3.8, 4) is 0 Å². The number of hydrogen-bond acceptors (Lipinski definition) is 5. The van der Waals surface area contributed by atoms with Gasteiger partial charge in [-0.3, -0.25) is 4.79 Å². The van der Waals surface area contributed by atoms with E-state index in [1.807, 2.05) is 0 Å². The Morgan fingerprint density at radius 3 is 2.84 bits per heavy atom. The Kier molecular flexibility index (Phi) is 3.64. The van der Waals surface area contributed by atoms with Crippen molar-refractivity contribution in [1.82, 2.24) is 14.8 Å². The van der Waals surface area contributed by atoms with Gasteiger partial charge in [0.25, 0.3) is 0 Å². The average Bonchev–Trinajstić information content (AvgIpc) is 3.53. The maximum atomic E-state index is 12.5. The molecule has 1 aromatic carbocycles. The molecule has 0 radical (unpaired) electrons. The molecule has 128 valence electrons. The lowest BCUT2D eigenvalue weighted by molar-refractivity contribution is 0.0994. The zero-order chi connectivity index (χ0) is 17.0. The van der Waals surface area contributed by atoms with Crippen molar-refractivity contribution < 1.29 is 9.21 Å². The molecular weight excluding hydrogens is 358 g/mol. The molecular formula is C18H16ClN3O2S. The SMILES string of the molecule is O=C(CSc1nnc(C2CC2)n1C1CC1)c1cc2cc(Cl)ccc2o1. The Bertz CT molecular complexity index is 972. The van der Waals surface area contributed by atoms with Crippen LogP contribution in [0.4, 0.5) is 0 Å². The van der Waals surface area contributed by atoms with Crippen LogP contribution in [0.1, 0.15) is 54.0 Å². The fourth-order valence-electron chi connectivity index (χ4n) is 3.04. The number of carbonyl (C=O) groups is 1. The van der Waals surface area contributed by atoms with E-state index in [9.17, 15) is 4.79 Å². The van der Waals surface area contributed by atoms with Crippen molar-refractivity contribution in [2.45, 2.75) is 42.8 Å². The van der Waals surface area contributed by atoms with E-state index in [4.69, 9.17) is 16.0 Å². The number of Topliss-reactive ketones (excluding diaryl/α,β-unsaturated/α-hetero) is 1. The van der Waals surface area contributed by atoms with Gasteiger partial charge in [-0.1, -0.05) is 23.4 Å². The molecule has 25 heavy (non-hydrogen) atoms. The molecule has 0 unspecified atom stereocenters. The second-order valence-corrected chi connectivity index (χ2v) is 8.10. The standard InChI is InChI=1S/C18H16ClN3O2S/c19-12-3-6-15-11(7-12)8-16(24-15)14(23)9-25-18-21-20-17(10-1-2-10)22(18)13-4-5-13/h3,6-8,10,13H,1-2,4-5,9H2. The molecule has 0 atom stereocenters. The number of fused-ring (bicyclic) bond motifs is 1. The maximum absolute atomic E-state index is 12.5. The van der Waals surface area contributed by atoms with Crippen LogP contribution in [0.25, 0.3) is 11.0 Å². The lowest BCUT2D eigenvalue weighted by Gasteiger charge is -2.07. The lowest BCUT2D eigenvalue weighted by atomic mass is 10.2. The number of rotatable bonds is 6. The van der Waals surface area contributed by atoms with Crippen molar-refractivity contribution in [1.29, 1.82) is 0 Å². The molecule has 2 aliphatic carbocycles. The number of carbonyl (C=O) groups excluding carboxylic acids is 1. The first kappa shape index (κ1) is 15.5. The van der Waals surface area contributed by atoms with Gasteiger partial charge in [0.2, 0.25) is 5.78 Å². The summed E-state index contributed by atoms with van der Waals surface area (Å²) in [5, 5.41) is 11.0. The topological polar surface area (TPSA) is 60.9 Å². The minimum atomic E-state index is -0.0457. The van der Waals surface area contributed by atoms with E-state index in [1.165, 1.54) is 37.4 Å². The van der Waals surface area contributed by atoms with Crippen molar-refractivity contribution in [2.24, 2.45) is 0 Å². The third kappa shape index (κ3) is 2.98. The van der Waals surface area contributed by atoms with Crippen molar-refractivity contribution >= 4 is 40.1 Å². The van der Waals surface area contributed by atoms with E-state index < -0.39 is 0 Å². The minimum absolute atomic E-state index is 0.0457. The number of halogens is 1. The highest BCUT2D eigenvalue weighted by molar-refractivity contribution is 7.99. The normalized spacial score (nSPS) is 17.3. The second kappa shape index (κ2) is 5.88. The first-order valence-electron chi connectivity index (χ1n) is 8.49. The van der Waals surface area contributed by atoms with Crippen LogP contribution in [-0.2, 0) is 0 Å². The molecule has 0 N–H and O–H groups in total. The van der Waals surface area contributed by atoms with Crippen LogP contribution in [0.2, 0.25) is 5.02 Å². The zero-order valence-corrected chi connectivity index (χ0v) is 15.0. The van der Waals surface area contributed by atoms with Gasteiger partial charge in [0.1, 0.15) is 11.4 Å². The summed E-state index contributed by atoms with van der Waals surface area (Å²) in [5.74, 6) is 2.29. The highest BCUT2D eigenvalue weighted by Gasteiger charge is 2.36. The number of hydrogen-bond donors (Lipinski definition) is 0. The van der Waals surface area contributed by atoms with E-state index >= 15 is 0 Å². The van der Waals surface area contributed by atoms with Crippen LogP contribution in [0.5, 0.6) is 0 Å². The molecule has 0 spiro atoms. The van der Waals surface area contributed by atoms with Gasteiger partial charge < -0.3 is 8.98 Å². The zero-order valence-electron chi connectivity index (χ0n) is 13.4. The summed E-state index contributed by atoms with van der Waals surface area (Å²) in [7, 11) is 0. The van der Waals surface area contributed by atoms with Crippen LogP contribution in [0.15, 0.2) is 33.8 Å². The molecule has 0 bridgehead atoms. The molecule has 0 amide bonds. The van der Waals surface area contributed by atoms with Crippen molar-refractivity contribution in [3.63, 3.8) is 0 Å². The Morgan fingerprint density at radius 1 is 1.24 bits per heavy atom. The van der Waals surface area contributed by atoms with E-state index in [2.05, 4.69) is 14.8 Å². The van der Waals surface area contributed by atoms with Crippen LogP contribution < -0.4 is 0 Å². The summed E-state index contributed by atoms with van der Waals surface area (Å²) in [6.07, 6.45) is 4.78. The van der Waals surface area contributed by atoms with E-state index in [1.54, 1.807) is 24.3 Å². The first-order valence-corrected chi connectivity index (χ1v) is 9.85. The van der Waals surface area contributed by atoms with Crippen LogP contribution in [-0.4, -0.2) is 26.3 Å². The molecule has 2 aromatic heterocycles. The van der Waals surface area contributed by atoms with Crippen molar-refractivity contribution in [3.05, 3.63) is 40.9 Å². The predicted octanol–water partition coefficient (Wildman–Crippen LogP) is 4.87. The van der Waals surface area contributed by atoms with E-state index in [0.29, 0.717) is 34.1 Å².